The molecule has 33 heavy (non-hydrogen) atoms. The molecule has 4 rings (SSSR count). The van der Waals surface area contributed by atoms with Crippen LogP contribution < -0.4 is 10.0 Å². The second-order valence-electron chi connectivity index (χ2n) is 7.15. The topological polar surface area (TPSA) is 93.1 Å². The number of anilines is 2. The third kappa shape index (κ3) is 4.75. The highest BCUT2D eigenvalue weighted by atomic mass is 32.2. The number of hydrogen-bond acceptors (Lipinski definition) is 4. The molecule has 1 amide bonds. The van der Waals surface area contributed by atoms with Gasteiger partial charge in [0.2, 0.25) is 0 Å². The van der Waals surface area contributed by atoms with Crippen molar-refractivity contribution in [1.29, 1.82) is 0 Å². The van der Waals surface area contributed by atoms with E-state index < -0.39 is 27.6 Å². The van der Waals surface area contributed by atoms with Gasteiger partial charge in [-0.25, -0.2) is 22.2 Å². The summed E-state index contributed by atoms with van der Waals surface area (Å²) in [7, 11) is -4.16. The number of aromatic nitrogens is 2. The Balaban J connectivity index is 1.58. The standard InChI is InChI=1S/C23H18F2N4O3S/c1-15-6-8-17(33(31,32)28-21-5-3-2-4-19(21)24)13-18(15)23(30)27-16-7-9-22(20(25)12-16)29-11-10-26-14-29/h2-14,28H,1H3,(H,27,30). The van der Waals surface area contributed by atoms with Crippen molar-refractivity contribution >= 4 is 27.3 Å². The number of nitrogens with one attached hydrogen (secondary N) is 2. The van der Waals surface area contributed by atoms with E-state index in [-0.39, 0.29) is 27.5 Å². The normalized spacial score (nSPS) is 11.2. The van der Waals surface area contributed by atoms with Crippen molar-refractivity contribution in [2.45, 2.75) is 11.8 Å². The SMILES string of the molecule is Cc1ccc(S(=O)(=O)Nc2ccccc2F)cc1C(=O)Nc1ccc(-n2ccnc2)c(F)c1. The maximum Gasteiger partial charge on any atom is 0.262 e. The number of halogens is 2. The van der Waals surface area contributed by atoms with Gasteiger partial charge in [-0.3, -0.25) is 9.52 Å². The van der Waals surface area contributed by atoms with Crippen LogP contribution in [-0.2, 0) is 10.0 Å². The third-order valence-electron chi connectivity index (χ3n) is 4.87. The number of nitrogens with zero attached hydrogens (tertiary/aromatic N) is 2. The van der Waals surface area contributed by atoms with Crippen LogP contribution in [0.3, 0.4) is 0 Å². The molecule has 2 N–H and O–H groups in total. The van der Waals surface area contributed by atoms with Gasteiger partial charge in [-0.15, -0.1) is 0 Å². The quantitative estimate of drug-likeness (QED) is 0.435. The summed E-state index contributed by atoms with van der Waals surface area (Å²) in [6, 6.07) is 13.5. The minimum Gasteiger partial charge on any atom is -0.322 e. The van der Waals surface area contributed by atoms with Crippen LogP contribution in [0.4, 0.5) is 20.2 Å². The Labute approximate surface area is 188 Å². The van der Waals surface area contributed by atoms with Gasteiger partial charge in [0.05, 0.1) is 22.6 Å². The van der Waals surface area contributed by atoms with Crippen LogP contribution in [-0.4, -0.2) is 23.9 Å². The number of rotatable bonds is 6. The number of hydrogen-bond donors (Lipinski definition) is 2. The number of aryl methyl sites for hydroxylation is 1. The summed E-state index contributed by atoms with van der Waals surface area (Å²) in [6.45, 7) is 1.64. The summed E-state index contributed by atoms with van der Waals surface area (Å²) in [5.41, 5.74) is 0.823. The molecule has 168 valence electrons. The van der Waals surface area contributed by atoms with Crippen LogP contribution in [0.5, 0.6) is 0 Å². The second-order valence-corrected chi connectivity index (χ2v) is 8.83. The van der Waals surface area contributed by atoms with E-state index in [4.69, 9.17) is 0 Å². The van der Waals surface area contributed by atoms with Gasteiger partial charge >= 0.3 is 0 Å². The van der Waals surface area contributed by atoms with Gasteiger partial charge in [0, 0.05) is 23.6 Å². The van der Waals surface area contributed by atoms with Crippen molar-refractivity contribution in [3.8, 4) is 5.69 Å². The predicted molar refractivity (Wildman–Crippen MR) is 120 cm³/mol. The first-order valence-electron chi connectivity index (χ1n) is 9.72. The lowest BCUT2D eigenvalue weighted by molar-refractivity contribution is 0.102. The molecule has 0 atom stereocenters. The minimum absolute atomic E-state index is 0.0745. The Bertz CT molecular complexity index is 1440. The van der Waals surface area contributed by atoms with Gasteiger partial charge in [0.25, 0.3) is 15.9 Å². The molecule has 0 fully saturated rings. The molecular weight excluding hydrogens is 450 g/mol. The molecule has 10 heteroatoms. The van der Waals surface area contributed by atoms with Crippen molar-refractivity contribution < 1.29 is 22.0 Å². The van der Waals surface area contributed by atoms with Crippen molar-refractivity contribution in [2.24, 2.45) is 0 Å². The highest BCUT2D eigenvalue weighted by Crippen LogP contribution is 2.23. The van der Waals surface area contributed by atoms with Crippen LogP contribution in [0.15, 0.2) is 84.3 Å². The molecule has 0 radical (unpaired) electrons. The zero-order chi connectivity index (χ0) is 23.6. The molecule has 0 aliphatic heterocycles. The molecule has 0 saturated heterocycles. The molecule has 4 aromatic rings. The van der Waals surface area contributed by atoms with E-state index in [0.29, 0.717) is 5.56 Å². The van der Waals surface area contributed by atoms with Gasteiger partial charge < -0.3 is 9.88 Å². The molecule has 0 spiro atoms. The summed E-state index contributed by atoms with van der Waals surface area (Å²) in [6.07, 6.45) is 4.54. The maximum atomic E-state index is 14.5. The fraction of sp³-hybridized carbons (Fsp3) is 0.0435. The minimum atomic E-state index is -4.16. The lowest BCUT2D eigenvalue weighted by Crippen LogP contribution is -2.17. The van der Waals surface area contributed by atoms with Crippen molar-refractivity contribution in [1.82, 2.24) is 9.55 Å². The number of sulfonamides is 1. The van der Waals surface area contributed by atoms with Crippen LogP contribution >= 0.6 is 0 Å². The Morgan fingerprint density at radius 1 is 1.00 bits per heavy atom. The lowest BCUT2D eigenvalue weighted by atomic mass is 10.1. The molecule has 0 unspecified atom stereocenters. The fourth-order valence-corrected chi connectivity index (χ4v) is 4.25. The molecule has 0 aliphatic rings. The second kappa shape index (κ2) is 8.83. The van der Waals surface area contributed by atoms with E-state index in [1.807, 2.05) is 0 Å². The zero-order valence-corrected chi connectivity index (χ0v) is 18.1. The first-order chi connectivity index (χ1) is 15.7. The van der Waals surface area contributed by atoms with E-state index >= 15 is 0 Å². The molecule has 1 aromatic heterocycles. The van der Waals surface area contributed by atoms with E-state index in [9.17, 15) is 22.0 Å². The van der Waals surface area contributed by atoms with E-state index in [1.54, 1.807) is 13.1 Å². The maximum absolute atomic E-state index is 14.5. The highest BCUT2D eigenvalue weighted by molar-refractivity contribution is 7.92. The molecule has 3 aromatic carbocycles. The zero-order valence-electron chi connectivity index (χ0n) is 17.3. The largest absolute Gasteiger partial charge is 0.322 e. The molecule has 0 saturated carbocycles. The predicted octanol–water partition coefficient (Wildman–Crippen LogP) is 4.51. The lowest BCUT2D eigenvalue weighted by Gasteiger charge is -2.13. The van der Waals surface area contributed by atoms with Crippen LogP contribution in [0.2, 0.25) is 0 Å². The molecular formula is C23H18F2N4O3S. The van der Waals surface area contributed by atoms with Crippen molar-refractivity contribution in [3.05, 3.63) is 102 Å². The monoisotopic (exact) mass is 468 g/mol. The number of benzene rings is 3. The average Bonchev–Trinajstić information content (AvgIpc) is 3.30. The Kier molecular flexibility index (Phi) is 5.93. The van der Waals surface area contributed by atoms with E-state index in [1.165, 1.54) is 65.6 Å². The summed E-state index contributed by atoms with van der Waals surface area (Å²) < 4.78 is 57.5. The molecule has 1 heterocycles. The van der Waals surface area contributed by atoms with Crippen LogP contribution in [0, 0.1) is 18.6 Å². The number of imidazole rings is 1. The van der Waals surface area contributed by atoms with Crippen molar-refractivity contribution in [2.75, 3.05) is 10.0 Å². The molecule has 7 nitrogen and oxygen atoms in total. The summed E-state index contributed by atoms with van der Waals surface area (Å²) in [4.78, 5) is 16.5. The molecule has 0 bridgehead atoms. The average molecular weight is 468 g/mol. The number of para-hydroxylation sites is 1. The van der Waals surface area contributed by atoms with E-state index in [0.717, 1.165) is 12.1 Å². The third-order valence-corrected chi connectivity index (χ3v) is 6.23. The first-order valence-corrected chi connectivity index (χ1v) is 11.2. The van der Waals surface area contributed by atoms with Crippen LogP contribution in [0.1, 0.15) is 15.9 Å². The number of carbonyl (C=O) groups is 1. The Morgan fingerprint density at radius 3 is 2.48 bits per heavy atom. The van der Waals surface area contributed by atoms with Crippen LogP contribution in [0.25, 0.3) is 5.69 Å². The van der Waals surface area contributed by atoms with Gasteiger partial charge in [-0.2, -0.15) is 0 Å². The van der Waals surface area contributed by atoms with Crippen molar-refractivity contribution in [3.63, 3.8) is 0 Å². The number of amides is 1. The first kappa shape index (κ1) is 22.2. The van der Waals surface area contributed by atoms with Gasteiger partial charge in [0.1, 0.15) is 11.6 Å². The summed E-state index contributed by atoms with van der Waals surface area (Å²) in [5, 5.41) is 2.57. The highest BCUT2D eigenvalue weighted by Gasteiger charge is 2.20. The molecule has 0 aliphatic carbocycles. The van der Waals surface area contributed by atoms with Gasteiger partial charge in [0.15, 0.2) is 0 Å². The van der Waals surface area contributed by atoms with E-state index in [2.05, 4.69) is 15.0 Å². The smallest absolute Gasteiger partial charge is 0.262 e. The van der Waals surface area contributed by atoms with Gasteiger partial charge in [-0.05, 0) is 55.0 Å². The summed E-state index contributed by atoms with van der Waals surface area (Å²) >= 11 is 0. The summed E-state index contributed by atoms with van der Waals surface area (Å²) in [5.74, 6) is -1.93. The Morgan fingerprint density at radius 2 is 1.79 bits per heavy atom. The fourth-order valence-electron chi connectivity index (χ4n) is 3.15. The Hall–Kier alpha value is -4.05. The van der Waals surface area contributed by atoms with Gasteiger partial charge in [-0.1, -0.05) is 18.2 Å². The number of carbonyl (C=O) groups excluding carboxylic acids is 1.